The number of halogens is 2. The van der Waals surface area contributed by atoms with Crippen LogP contribution in [0, 0.1) is 10.1 Å². The smallest absolute Gasteiger partial charge is 0.281 e. The van der Waals surface area contributed by atoms with Gasteiger partial charge in [0.15, 0.2) is 5.75 Å². The third-order valence-electron chi connectivity index (χ3n) is 3.35. The van der Waals surface area contributed by atoms with Crippen LogP contribution in [0.25, 0.3) is 10.1 Å². The van der Waals surface area contributed by atoms with E-state index in [-0.39, 0.29) is 21.5 Å². The number of aromatic hydroxyl groups is 1. The lowest BCUT2D eigenvalue weighted by atomic mass is 10.2. The number of amides is 1. The van der Waals surface area contributed by atoms with E-state index < -0.39 is 10.8 Å². The highest BCUT2D eigenvalue weighted by Gasteiger charge is 2.13. The Labute approximate surface area is 160 Å². The summed E-state index contributed by atoms with van der Waals surface area (Å²) in [4.78, 5) is 22.8. The van der Waals surface area contributed by atoms with E-state index in [2.05, 4.69) is 10.5 Å². The summed E-state index contributed by atoms with van der Waals surface area (Å²) in [6.45, 7) is 0. The number of rotatable bonds is 4. The molecule has 10 heteroatoms. The van der Waals surface area contributed by atoms with Crippen molar-refractivity contribution in [2.75, 3.05) is 0 Å². The van der Waals surface area contributed by atoms with Crippen LogP contribution in [-0.4, -0.2) is 22.2 Å². The molecule has 0 saturated carbocycles. The van der Waals surface area contributed by atoms with Crippen LogP contribution in [0.4, 0.5) is 5.69 Å². The highest BCUT2D eigenvalue weighted by Crippen LogP contribution is 2.32. The summed E-state index contributed by atoms with van der Waals surface area (Å²) in [5, 5.41) is 24.9. The second-order valence-corrected chi connectivity index (χ2v) is 7.02. The number of carbonyl (C=O) groups excluding carboxylic acids is 1. The Morgan fingerprint density at radius 2 is 1.92 bits per heavy atom. The molecule has 0 aliphatic carbocycles. The van der Waals surface area contributed by atoms with Crippen molar-refractivity contribution < 1.29 is 14.8 Å². The Hall–Kier alpha value is -2.68. The summed E-state index contributed by atoms with van der Waals surface area (Å²) in [7, 11) is 0. The van der Waals surface area contributed by atoms with Crippen molar-refractivity contribution in [2.45, 2.75) is 0 Å². The standard InChI is InChI=1S/C16H9Cl2N3O4S/c17-11-3-8(4-12(18)15(11)22)7-19-20-16(23)14-6-9-5-10(21(24)25)1-2-13(9)26-14/h1-7,22H,(H,20,23)/b19-7+. The second kappa shape index (κ2) is 7.28. The van der Waals surface area contributed by atoms with Crippen molar-refractivity contribution in [3.05, 3.63) is 67.0 Å². The Kier molecular flexibility index (Phi) is 5.08. The number of phenols is 1. The van der Waals surface area contributed by atoms with Gasteiger partial charge in [-0.05, 0) is 29.8 Å². The molecule has 2 N–H and O–H groups in total. The number of carbonyl (C=O) groups is 1. The van der Waals surface area contributed by atoms with Crippen LogP contribution >= 0.6 is 34.5 Å². The maximum atomic E-state index is 12.2. The van der Waals surface area contributed by atoms with E-state index in [1.165, 1.54) is 41.8 Å². The number of nitrogens with zero attached hydrogens (tertiary/aromatic N) is 2. The van der Waals surface area contributed by atoms with Crippen molar-refractivity contribution in [3.8, 4) is 5.75 Å². The van der Waals surface area contributed by atoms with Gasteiger partial charge in [0.2, 0.25) is 0 Å². The van der Waals surface area contributed by atoms with Crippen molar-refractivity contribution >= 4 is 62.4 Å². The molecule has 0 saturated heterocycles. The van der Waals surface area contributed by atoms with Crippen molar-refractivity contribution in [1.82, 2.24) is 5.43 Å². The zero-order valence-electron chi connectivity index (χ0n) is 12.8. The van der Waals surface area contributed by atoms with Crippen LogP contribution in [0.2, 0.25) is 10.0 Å². The van der Waals surface area contributed by atoms with Gasteiger partial charge in [-0.25, -0.2) is 5.43 Å². The third-order valence-corrected chi connectivity index (χ3v) is 5.04. The van der Waals surface area contributed by atoms with Crippen LogP contribution in [-0.2, 0) is 0 Å². The molecular formula is C16H9Cl2N3O4S. The van der Waals surface area contributed by atoms with Gasteiger partial charge in [-0.3, -0.25) is 14.9 Å². The average molecular weight is 410 g/mol. The molecule has 0 atom stereocenters. The van der Waals surface area contributed by atoms with Crippen molar-refractivity contribution in [3.63, 3.8) is 0 Å². The lowest BCUT2D eigenvalue weighted by Gasteiger charge is -2.01. The first-order valence-corrected chi connectivity index (χ1v) is 8.62. The number of hydrogen-bond acceptors (Lipinski definition) is 6. The molecule has 0 spiro atoms. The van der Waals surface area contributed by atoms with Crippen LogP contribution in [0.1, 0.15) is 15.2 Å². The molecule has 3 aromatic rings. The fraction of sp³-hybridized carbons (Fsp3) is 0. The van der Waals surface area contributed by atoms with Gasteiger partial charge in [0.25, 0.3) is 11.6 Å². The highest BCUT2D eigenvalue weighted by atomic mass is 35.5. The highest BCUT2D eigenvalue weighted by molar-refractivity contribution is 7.20. The molecule has 0 bridgehead atoms. The van der Waals surface area contributed by atoms with Gasteiger partial charge in [0, 0.05) is 22.2 Å². The Bertz CT molecular complexity index is 1040. The molecule has 7 nitrogen and oxygen atoms in total. The Balaban J connectivity index is 1.76. The van der Waals surface area contributed by atoms with E-state index in [1.807, 2.05) is 0 Å². The molecule has 2 aromatic carbocycles. The van der Waals surface area contributed by atoms with Gasteiger partial charge in [-0.2, -0.15) is 5.10 Å². The molecule has 132 valence electrons. The monoisotopic (exact) mass is 409 g/mol. The van der Waals surface area contributed by atoms with Crippen LogP contribution in [0.3, 0.4) is 0 Å². The minimum Gasteiger partial charge on any atom is -0.505 e. The number of nitro benzene ring substituents is 1. The molecule has 0 radical (unpaired) electrons. The van der Waals surface area contributed by atoms with Crippen LogP contribution in [0.15, 0.2) is 41.5 Å². The number of fused-ring (bicyclic) bond motifs is 1. The number of hydrazone groups is 1. The predicted octanol–water partition coefficient (Wildman–Crippen LogP) is 4.59. The van der Waals surface area contributed by atoms with Gasteiger partial charge in [0.1, 0.15) is 0 Å². The molecule has 0 fully saturated rings. The Morgan fingerprint density at radius 3 is 2.58 bits per heavy atom. The molecular weight excluding hydrogens is 401 g/mol. The van der Waals surface area contributed by atoms with E-state index in [9.17, 15) is 20.0 Å². The summed E-state index contributed by atoms with van der Waals surface area (Å²) in [5.41, 5.74) is 2.81. The number of phenolic OH excluding ortho intramolecular Hbond substituents is 1. The maximum absolute atomic E-state index is 12.2. The predicted molar refractivity (Wildman–Crippen MR) is 102 cm³/mol. The lowest BCUT2D eigenvalue weighted by molar-refractivity contribution is -0.384. The van der Waals surface area contributed by atoms with Gasteiger partial charge in [-0.15, -0.1) is 11.3 Å². The molecule has 1 aromatic heterocycles. The van der Waals surface area contributed by atoms with E-state index in [0.29, 0.717) is 15.8 Å². The topological polar surface area (TPSA) is 105 Å². The summed E-state index contributed by atoms with van der Waals surface area (Å²) < 4.78 is 0.752. The molecule has 3 rings (SSSR count). The molecule has 0 aliphatic rings. The first kappa shape index (κ1) is 18.1. The van der Waals surface area contributed by atoms with Crippen molar-refractivity contribution in [1.29, 1.82) is 0 Å². The van der Waals surface area contributed by atoms with Crippen molar-refractivity contribution in [2.24, 2.45) is 5.10 Å². The minimum atomic E-state index is -0.491. The summed E-state index contributed by atoms with van der Waals surface area (Å²) in [5.74, 6) is -0.685. The zero-order valence-corrected chi connectivity index (χ0v) is 15.1. The fourth-order valence-corrected chi connectivity index (χ4v) is 3.57. The quantitative estimate of drug-likeness (QED) is 0.373. The number of hydrogen-bond donors (Lipinski definition) is 2. The SMILES string of the molecule is O=C(N/N=C/c1cc(Cl)c(O)c(Cl)c1)c1cc2cc([N+](=O)[O-])ccc2s1. The van der Waals surface area contributed by atoms with Crippen LogP contribution in [0.5, 0.6) is 5.75 Å². The normalized spacial score (nSPS) is 11.2. The summed E-state index contributed by atoms with van der Waals surface area (Å²) in [6.07, 6.45) is 1.33. The number of nitro groups is 1. The third kappa shape index (κ3) is 3.77. The van der Waals surface area contributed by atoms with Gasteiger partial charge in [-0.1, -0.05) is 23.2 Å². The number of nitrogens with one attached hydrogen (secondary N) is 1. The minimum absolute atomic E-state index is 0.0404. The molecule has 0 unspecified atom stereocenters. The Morgan fingerprint density at radius 1 is 1.23 bits per heavy atom. The van der Waals surface area contributed by atoms with E-state index in [0.717, 1.165) is 4.70 Å². The number of thiophene rings is 1. The lowest BCUT2D eigenvalue weighted by Crippen LogP contribution is -2.16. The number of non-ortho nitro benzene ring substituents is 1. The zero-order chi connectivity index (χ0) is 18.8. The van der Waals surface area contributed by atoms with Crippen LogP contribution < -0.4 is 5.43 Å². The largest absolute Gasteiger partial charge is 0.505 e. The van der Waals surface area contributed by atoms with Gasteiger partial charge >= 0.3 is 0 Å². The molecule has 1 heterocycles. The number of benzene rings is 2. The second-order valence-electron chi connectivity index (χ2n) is 5.12. The summed E-state index contributed by atoms with van der Waals surface area (Å²) >= 11 is 12.8. The molecule has 26 heavy (non-hydrogen) atoms. The first-order valence-electron chi connectivity index (χ1n) is 7.04. The van der Waals surface area contributed by atoms with E-state index in [1.54, 1.807) is 12.1 Å². The van der Waals surface area contributed by atoms with Gasteiger partial charge < -0.3 is 5.11 Å². The molecule has 1 amide bonds. The average Bonchev–Trinajstić information content (AvgIpc) is 3.02. The first-order chi connectivity index (χ1) is 12.3. The summed E-state index contributed by atoms with van der Waals surface area (Å²) in [6, 6.07) is 8.84. The fourth-order valence-electron chi connectivity index (χ4n) is 2.14. The molecule has 0 aliphatic heterocycles. The van der Waals surface area contributed by atoms with E-state index >= 15 is 0 Å². The van der Waals surface area contributed by atoms with Gasteiger partial charge in [0.05, 0.1) is 26.1 Å². The maximum Gasteiger partial charge on any atom is 0.281 e. The van der Waals surface area contributed by atoms with E-state index in [4.69, 9.17) is 23.2 Å².